The van der Waals surface area contributed by atoms with Crippen molar-refractivity contribution in [2.45, 2.75) is 0 Å². The first-order valence-electron chi connectivity index (χ1n) is 1.53. The fourth-order valence-electron chi connectivity index (χ4n) is 0.141. The van der Waals surface area contributed by atoms with E-state index in [1.54, 1.807) is 14.1 Å². The van der Waals surface area contributed by atoms with Crippen LogP contribution >= 0.6 is 0 Å². The smallest absolute Gasteiger partial charge is 0 e. The van der Waals surface area contributed by atoms with E-state index >= 15 is 0 Å². The van der Waals surface area contributed by atoms with Crippen molar-refractivity contribution in [1.29, 1.82) is 0 Å². The summed E-state index contributed by atoms with van der Waals surface area (Å²) in [6, 6.07) is 0. The Morgan fingerprint density at radius 3 is 1.29 bits per heavy atom. The van der Waals surface area contributed by atoms with Gasteiger partial charge < -0.3 is 10.6 Å². The summed E-state index contributed by atoms with van der Waals surface area (Å²) < 4.78 is 0. The maximum absolute atomic E-state index is 3.69. The van der Waals surface area contributed by atoms with Gasteiger partial charge in [-0.05, 0) is 0 Å². The average molecular weight is 176 g/mol. The van der Waals surface area contributed by atoms with Crippen molar-refractivity contribution in [3.63, 3.8) is 0 Å². The van der Waals surface area contributed by atoms with Gasteiger partial charge in [0.2, 0.25) is 0 Å². The first-order chi connectivity index (χ1) is 2.41. The van der Waals surface area contributed by atoms with Crippen molar-refractivity contribution in [2.24, 2.45) is 0 Å². The molecule has 0 aromatic heterocycles. The minimum atomic E-state index is 0. The summed E-state index contributed by atoms with van der Waals surface area (Å²) in [6.45, 7) is 0.639. The van der Waals surface area contributed by atoms with Crippen LogP contribution in [-0.2, 0) is 34.7 Å². The van der Waals surface area contributed by atoms with Crippen molar-refractivity contribution < 1.29 is 34.7 Å². The predicted molar refractivity (Wildman–Crippen MR) is 23.4 cm³/mol. The molecule has 7 heavy (non-hydrogen) atoms. The molecule has 0 bridgehead atoms. The van der Waals surface area contributed by atoms with Gasteiger partial charge in [-0.1, -0.05) is 0 Å². The summed E-state index contributed by atoms with van der Waals surface area (Å²) in [5, 5.41) is 7.38. The number of nitrogens with zero attached hydrogens (tertiary/aromatic N) is 2. The zero-order chi connectivity index (χ0) is 4.12. The molecule has 0 radical (unpaired) electrons. The van der Waals surface area contributed by atoms with E-state index < -0.39 is 0 Å². The van der Waals surface area contributed by atoms with E-state index in [0.29, 0.717) is 6.67 Å². The van der Waals surface area contributed by atoms with Crippen molar-refractivity contribution in [1.82, 2.24) is 0 Å². The third-order valence-electron chi connectivity index (χ3n) is 0.283. The van der Waals surface area contributed by atoms with Crippen LogP contribution in [0.25, 0.3) is 10.6 Å². The molecule has 0 N–H and O–H groups in total. The van der Waals surface area contributed by atoms with Gasteiger partial charge in [-0.15, -0.1) is 0 Å². The second-order valence-electron chi connectivity index (χ2n) is 0.774. The third-order valence-corrected chi connectivity index (χ3v) is 0.283. The zero-order valence-corrected chi connectivity index (χ0v) is 6.97. The average Bonchev–Trinajstić information content (AvgIpc) is 1.41. The van der Waals surface area contributed by atoms with Crippen molar-refractivity contribution >= 4 is 0 Å². The van der Waals surface area contributed by atoms with E-state index in [1.165, 1.54) is 0 Å². The Kier molecular flexibility index (Phi) is 35.3. The molecule has 0 amide bonds. The Morgan fingerprint density at radius 2 is 1.29 bits per heavy atom. The third kappa shape index (κ3) is 19.5. The molecule has 0 aliphatic carbocycles. The van der Waals surface area contributed by atoms with Crippen LogP contribution < -0.4 is 0 Å². The van der Waals surface area contributed by atoms with Crippen LogP contribution in [0.4, 0.5) is 0 Å². The van der Waals surface area contributed by atoms with Crippen molar-refractivity contribution in [3.05, 3.63) is 10.6 Å². The van der Waals surface area contributed by atoms with E-state index in [0.717, 1.165) is 0 Å². The van der Waals surface area contributed by atoms with E-state index in [2.05, 4.69) is 10.6 Å². The Bertz CT molecular complexity index is 18.4. The Labute approximate surface area is 66.3 Å². The largest absolute Gasteiger partial charge is 0.683 e. The molecule has 4 heteroatoms. The molecule has 44 valence electrons. The topological polar surface area (TPSA) is 28.2 Å². The van der Waals surface area contributed by atoms with E-state index in [9.17, 15) is 0 Å². The molecule has 0 saturated carbocycles. The Morgan fingerprint density at radius 1 is 1.00 bits per heavy atom. The number of hydrogen-bond acceptors (Lipinski definition) is 0. The van der Waals surface area contributed by atoms with Gasteiger partial charge in [0.25, 0.3) is 0 Å². The standard InChI is InChI=1S/C3H8N2.2Cr/c1-4-3-5-2;;/h3H2,1-2H3;;/q-2;;. The van der Waals surface area contributed by atoms with Gasteiger partial charge in [0, 0.05) is 34.7 Å². The van der Waals surface area contributed by atoms with E-state index in [4.69, 9.17) is 0 Å². The first-order valence-corrected chi connectivity index (χ1v) is 1.53. The van der Waals surface area contributed by atoms with Crippen molar-refractivity contribution in [3.8, 4) is 0 Å². The predicted octanol–water partition coefficient (Wildman–Crippen LogP) is 0.946. The summed E-state index contributed by atoms with van der Waals surface area (Å²) in [5.41, 5.74) is 0. The SMILES string of the molecule is C[N-]C[N-]C.[Cr].[Cr]. The van der Waals surface area contributed by atoms with Crippen LogP contribution in [-0.4, -0.2) is 20.8 Å². The van der Waals surface area contributed by atoms with Gasteiger partial charge in [0.15, 0.2) is 0 Å². The monoisotopic (exact) mass is 176 g/mol. The van der Waals surface area contributed by atoms with Gasteiger partial charge in [-0.2, -0.15) is 14.1 Å². The minimum Gasteiger partial charge on any atom is -0.683 e. The number of rotatable bonds is 2. The molecular weight excluding hydrogens is 168 g/mol. The Balaban J connectivity index is -0.0000000800. The first kappa shape index (κ1) is 15.7. The summed E-state index contributed by atoms with van der Waals surface area (Å²) >= 11 is 0. The molecule has 0 rings (SSSR count). The molecule has 0 fully saturated rings. The molecule has 0 atom stereocenters. The summed E-state index contributed by atoms with van der Waals surface area (Å²) in [7, 11) is 3.49. The maximum atomic E-state index is 3.69. The minimum absolute atomic E-state index is 0. The normalized spacial score (nSPS) is 6.00. The Hall–Kier alpha value is 0.985. The molecule has 0 spiro atoms. The van der Waals surface area contributed by atoms with Gasteiger partial charge in [0.05, 0.1) is 0 Å². The number of hydrogen-bond donors (Lipinski definition) is 0. The van der Waals surface area contributed by atoms with Crippen LogP contribution in [0.2, 0.25) is 0 Å². The molecular formula is C3H8Cr2N2-2. The van der Waals surface area contributed by atoms with E-state index in [1.807, 2.05) is 0 Å². The summed E-state index contributed by atoms with van der Waals surface area (Å²) in [5.74, 6) is 0. The maximum Gasteiger partial charge on any atom is 0 e. The second kappa shape index (κ2) is 15.8. The zero-order valence-electron chi connectivity index (χ0n) is 4.42. The van der Waals surface area contributed by atoms with Crippen molar-refractivity contribution in [2.75, 3.05) is 20.8 Å². The molecule has 0 saturated heterocycles. The van der Waals surface area contributed by atoms with Crippen LogP contribution in [0.1, 0.15) is 0 Å². The molecule has 0 heterocycles. The van der Waals surface area contributed by atoms with Crippen LogP contribution in [0, 0.1) is 0 Å². The molecule has 0 aliphatic rings. The van der Waals surface area contributed by atoms with Crippen LogP contribution in [0.15, 0.2) is 0 Å². The second-order valence-corrected chi connectivity index (χ2v) is 0.774. The fraction of sp³-hybridized carbons (Fsp3) is 1.00. The summed E-state index contributed by atoms with van der Waals surface area (Å²) in [4.78, 5) is 0. The molecule has 0 unspecified atom stereocenters. The van der Waals surface area contributed by atoms with Gasteiger partial charge >= 0.3 is 0 Å². The molecule has 0 aromatic carbocycles. The van der Waals surface area contributed by atoms with Crippen LogP contribution in [0.5, 0.6) is 0 Å². The molecule has 0 aromatic rings. The fourth-order valence-corrected chi connectivity index (χ4v) is 0.141. The van der Waals surface area contributed by atoms with E-state index in [-0.39, 0.29) is 34.7 Å². The van der Waals surface area contributed by atoms with Gasteiger partial charge in [-0.3, -0.25) is 6.67 Å². The molecule has 2 nitrogen and oxygen atoms in total. The van der Waals surface area contributed by atoms with Crippen LogP contribution in [0.3, 0.4) is 0 Å². The summed E-state index contributed by atoms with van der Waals surface area (Å²) in [6.07, 6.45) is 0. The van der Waals surface area contributed by atoms with Gasteiger partial charge in [-0.25, -0.2) is 0 Å². The quantitative estimate of drug-likeness (QED) is 0.599. The molecule has 0 aliphatic heterocycles. The van der Waals surface area contributed by atoms with Gasteiger partial charge in [0.1, 0.15) is 0 Å².